The minimum atomic E-state index is -3.67. The van der Waals surface area contributed by atoms with Crippen LogP contribution in [0.1, 0.15) is 39.0 Å². The highest BCUT2D eigenvalue weighted by atomic mass is 32.2. The van der Waals surface area contributed by atoms with Crippen LogP contribution in [0.5, 0.6) is 0 Å². The smallest absolute Gasteiger partial charge is 0.263 e. The third kappa shape index (κ3) is 4.62. The van der Waals surface area contributed by atoms with Gasteiger partial charge >= 0.3 is 0 Å². The average molecular weight is 394 g/mol. The van der Waals surface area contributed by atoms with Crippen LogP contribution in [0.15, 0.2) is 40.7 Å². The Hall–Kier alpha value is -1.93. The van der Waals surface area contributed by atoms with E-state index in [4.69, 9.17) is 0 Å². The molecule has 1 heterocycles. The van der Waals surface area contributed by atoms with Gasteiger partial charge in [-0.3, -0.25) is 9.52 Å². The van der Waals surface area contributed by atoms with Crippen molar-refractivity contribution in [2.75, 3.05) is 10.0 Å². The Morgan fingerprint density at radius 1 is 1.19 bits per heavy atom. The van der Waals surface area contributed by atoms with Crippen molar-refractivity contribution in [3.8, 4) is 0 Å². The van der Waals surface area contributed by atoms with Gasteiger partial charge in [0.15, 0.2) is 5.13 Å². The van der Waals surface area contributed by atoms with E-state index in [1.165, 1.54) is 36.1 Å². The number of nitrogens with one attached hydrogen (secondary N) is 2. The van der Waals surface area contributed by atoms with Crippen LogP contribution in [0.3, 0.4) is 0 Å². The molecule has 26 heavy (non-hydrogen) atoms. The zero-order chi connectivity index (χ0) is 18.6. The van der Waals surface area contributed by atoms with Gasteiger partial charge in [-0.15, -0.1) is 11.3 Å². The zero-order valence-electron chi connectivity index (χ0n) is 14.6. The summed E-state index contributed by atoms with van der Waals surface area (Å²) in [7, 11) is -3.67. The number of sulfonamides is 1. The molecule has 0 saturated heterocycles. The second-order valence-electron chi connectivity index (χ2n) is 6.58. The summed E-state index contributed by atoms with van der Waals surface area (Å²) in [5, 5.41) is 4.93. The summed E-state index contributed by atoms with van der Waals surface area (Å²) in [5.41, 5.74) is 0.612. The summed E-state index contributed by atoms with van der Waals surface area (Å²) in [6.45, 7) is 2.20. The molecule has 3 rings (SSSR count). The first-order chi connectivity index (χ1) is 12.5. The van der Waals surface area contributed by atoms with Gasteiger partial charge in [0.1, 0.15) is 0 Å². The van der Waals surface area contributed by atoms with Crippen molar-refractivity contribution in [2.24, 2.45) is 11.8 Å². The van der Waals surface area contributed by atoms with Crippen molar-refractivity contribution in [3.63, 3.8) is 0 Å². The molecule has 140 valence electrons. The van der Waals surface area contributed by atoms with Crippen LogP contribution in [0.4, 0.5) is 10.8 Å². The van der Waals surface area contributed by atoms with E-state index in [-0.39, 0.29) is 16.7 Å². The fourth-order valence-corrected chi connectivity index (χ4v) is 5.03. The maximum Gasteiger partial charge on any atom is 0.263 e. The molecule has 1 aliphatic rings. The quantitative estimate of drug-likeness (QED) is 0.773. The molecule has 1 aromatic carbocycles. The Morgan fingerprint density at radius 3 is 2.46 bits per heavy atom. The van der Waals surface area contributed by atoms with E-state index in [1.807, 2.05) is 0 Å². The molecule has 0 radical (unpaired) electrons. The van der Waals surface area contributed by atoms with Gasteiger partial charge in [0, 0.05) is 23.2 Å². The molecular formula is C18H23N3O3S2. The lowest BCUT2D eigenvalue weighted by molar-refractivity contribution is -0.121. The number of anilines is 2. The van der Waals surface area contributed by atoms with E-state index in [1.54, 1.807) is 17.5 Å². The van der Waals surface area contributed by atoms with Crippen LogP contribution >= 0.6 is 11.3 Å². The molecule has 0 atom stereocenters. The summed E-state index contributed by atoms with van der Waals surface area (Å²) >= 11 is 1.22. The molecule has 1 saturated carbocycles. The second-order valence-corrected chi connectivity index (χ2v) is 9.16. The SMILES string of the molecule is CCC1CCC(C(=O)Nc2ccc(S(=O)(=O)Nc3nccs3)cc2)CC1. The molecule has 2 N–H and O–H groups in total. The second kappa shape index (κ2) is 8.18. The van der Waals surface area contributed by atoms with Crippen molar-refractivity contribution >= 4 is 38.1 Å². The van der Waals surface area contributed by atoms with Crippen LogP contribution in [-0.4, -0.2) is 19.3 Å². The largest absolute Gasteiger partial charge is 0.326 e. The number of nitrogens with zero attached hydrogens (tertiary/aromatic N) is 1. The molecular weight excluding hydrogens is 370 g/mol. The number of thiazole rings is 1. The first-order valence-corrected chi connectivity index (χ1v) is 11.2. The first-order valence-electron chi connectivity index (χ1n) is 8.81. The number of hydrogen-bond donors (Lipinski definition) is 2. The lowest BCUT2D eigenvalue weighted by atomic mass is 9.80. The van der Waals surface area contributed by atoms with Crippen LogP contribution in [0.25, 0.3) is 0 Å². The summed E-state index contributed by atoms with van der Waals surface area (Å²) in [4.78, 5) is 16.5. The van der Waals surface area contributed by atoms with Crippen molar-refractivity contribution in [2.45, 2.75) is 43.9 Å². The van der Waals surface area contributed by atoms with E-state index >= 15 is 0 Å². The summed E-state index contributed by atoms with van der Waals surface area (Å²) < 4.78 is 27.0. The number of amides is 1. The molecule has 1 aromatic heterocycles. The molecule has 0 unspecified atom stereocenters. The molecule has 6 nitrogen and oxygen atoms in total. The van der Waals surface area contributed by atoms with Gasteiger partial charge < -0.3 is 5.32 Å². The van der Waals surface area contributed by atoms with Crippen molar-refractivity contribution in [3.05, 3.63) is 35.8 Å². The molecule has 1 aliphatic carbocycles. The molecule has 2 aromatic rings. The van der Waals surface area contributed by atoms with E-state index < -0.39 is 10.0 Å². The monoisotopic (exact) mass is 393 g/mol. The van der Waals surface area contributed by atoms with Gasteiger partial charge in [-0.2, -0.15) is 0 Å². The predicted octanol–water partition coefficient (Wildman–Crippen LogP) is 4.10. The molecule has 0 bridgehead atoms. The number of carbonyl (C=O) groups excluding carboxylic acids is 1. The van der Waals surface area contributed by atoms with Crippen LogP contribution in [-0.2, 0) is 14.8 Å². The number of rotatable bonds is 6. The van der Waals surface area contributed by atoms with E-state index in [0.29, 0.717) is 10.8 Å². The fourth-order valence-electron chi connectivity index (χ4n) is 3.24. The van der Waals surface area contributed by atoms with Crippen molar-refractivity contribution < 1.29 is 13.2 Å². The van der Waals surface area contributed by atoms with Crippen molar-refractivity contribution in [1.29, 1.82) is 0 Å². The number of aromatic nitrogens is 1. The van der Waals surface area contributed by atoms with Crippen LogP contribution in [0.2, 0.25) is 0 Å². The third-order valence-corrected chi connectivity index (χ3v) is 7.05. The summed E-state index contributed by atoms with van der Waals surface area (Å²) in [6.07, 6.45) is 6.78. The van der Waals surface area contributed by atoms with Gasteiger partial charge in [-0.1, -0.05) is 13.3 Å². The third-order valence-electron chi connectivity index (χ3n) is 4.88. The lowest BCUT2D eigenvalue weighted by Crippen LogP contribution is -2.27. The van der Waals surface area contributed by atoms with Gasteiger partial charge in [0.05, 0.1) is 4.90 Å². The lowest BCUT2D eigenvalue weighted by Gasteiger charge is -2.26. The van der Waals surface area contributed by atoms with E-state index in [9.17, 15) is 13.2 Å². The highest BCUT2D eigenvalue weighted by Crippen LogP contribution is 2.31. The maximum absolute atomic E-state index is 12.4. The van der Waals surface area contributed by atoms with Crippen molar-refractivity contribution in [1.82, 2.24) is 4.98 Å². The first kappa shape index (κ1) is 18.8. The van der Waals surface area contributed by atoms with Gasteiger partial charge in [0.25, 0.3) is 10.0 Å². The number of hydrogen-bond acceptors (Lipinski definition) is 5. The predicted molar refractivity (Wildman–Crippen MR) is 104 cm³/mol. The molecule has 1 amide bonds. The summed E-state index contributed by atoms with van der Waals surface area (Å²) in [5.74, 6) is 0.817. The Bertz CT molecular complexity index is 825. The van der Waals surface area contributed by atoms with E-state index in [2.05, 4.69) is 21.9 Å². The maximum atomic E-state index is 12.4. The molecule has 1 fully saturated rings. The zero-order valence-corrected chi connectivity index (χ0v) is 16.3. The minimum absolute atomic E-state index is 0.0241. The number of carbonyl (C=O) groups is 1. The minimum Gasteiger partial charge on any atom is -0.326 e. The Morgan fingerprint density at radius 2 is 1.88 bits per heavy atom. The summed E-state index contributed by atoms with van der Waals surface area (Å²) in [6, 6.07) is 6.21. The fraction of sp³-hybridized carbons (Fsp3) is 0.444. The highest BCUT2D eigenvalue weighted by Gasteiger charge is 2.25. The molecule has 0 aliphatic heterocycles. The molecule has 0 spiro atoms. The molecule has 8 heteroatoms. The Labute approximate surface area is 158 Å². The van der Waals surface area contributed by atoms with Gasteiger partial charge in [0.2, 0.25) is 5.91 Å². The average Bonchev–Trinajstić information content (AvgIpc) is 3.14. The van der Waals surface area contributed by atoms with Gasteiger partial charge in [-0.05, 0) is 55.9 Å². The standard InChI is InChI=1S/C18H23N3O3S2/c1-2-13-3-5-14(6-4-13)17(22)20-15-7-9-16(10-8-15)26(23,24)21-18-19-11-12-25-18/h7-14H,2-6H2,1H3,(H,19,21)(H,20,22). The van der Waals surface area contributed by atoms with E-state index in [0.717, 1.165) is 31.6 Å². The number of benzene rings is 1. The Balaban J connectivity index is 1.60. The Kier molecular flexibility index (Phi) is 5.93. The normalized spacial score (nSPS) is 20.5. The van der Waals surface area contributed by atoms with Crippen LogP contribution < -0.4 is 10.0 Å². The topological polar surface area (TPSA) is 88.2 Å². The highest BCUT2D eigenvalue weighted by molar-refractivity contribution is 7.93. The van der Waals surface area contributed by atoms with Crippen LogP contribution in [0, 0.1) is 11.8 Å². The van der Waals surface area contributed by atoms with Gasteiger partial charge in [-0.25, -0.2) is 13.4 Å².